The molecular formula is C22H30N4O3. The number of hydrogen-bond acceptors (Lipinski definition) is 5. The van der Waals surface area contributed by atoms with Crippen LogP contribution in [0, 0.1) is 5.41 Å². The van der Waals surface area contributed by atoms with Crippen molar-refractivity contribution < 1.29 is 14.3 Å². The van der Waals surface area contributed by atoms with Crippen LogP contribution < -0.4 is 0 Å². The summed E-state index contributed by atoms with van der Waals surface area (Å²) in [7, 11) is 0. The zero-order valence-corrected chi connectivity index (χ0v) is 17.1. The van der Waals surface area contributed by atoms with Crippen LogP contribution in [-0.2, 0) is 27.3 Å². The van der Waals surface area contributed by atoms with Crippen LogP contribution in [0.1, 0.15) is 44.6 Å². The highest BCUT2D eigenvalue weighted by Gasteiger charge is 2.44. The van der Waals surface area contributed by atoms with Crippen molar-refractivity contribution in [2.45, 2.75) is 52.0 Å². The lowest BCUT2D eigenvalue weighted by atomic mass is 9.75. The molecule has 0 N–H and O–H groups in total. The number of esters is 1. The van der Waals surface area contributed by atoms with E-state index in [1.807, 2.05) is 30.0 Å². The zero-order valence-electron chi connectivity index (χ0n) is 17.1. The SMILES string of the molecule is CCOC(=O)[C@@]1(CCCc2ccccc2)CCCN(C(=O)CCn2cncn2)C1. The fourth-order valence-electron chi connectivity index (χ4n) is 4.09. The monoisotopic (exact) mass is 398 g/mol. The van der Waals surface area contributed by atoms with Gasteiger partial charge in [0.25, 0.3) is 0 Å². The lowest BCUT2D eigenvalue weighted by Gasteiger charge is -2.41. The number of nitrogens with zero attached hydrogens (tertiary/aromatic N) is 4. The Morgan fingerprint density at radius 3 is 2.79 bits per heavy atom. The molecule has 7 heteroatoms. The molecule has 1 aromatic heterocycles. The molecule has 1 atom stereocenters. The Hall–Kier alpha value is -2.70. The van der Waals surface area contributed by atoms with E-state index in [0.29, 0.717) is 32.7 Å². The third-order valence-electron chi connectivity index (χ3n) is 5.62. The molecule has 29 heavy (non-hydrogen) atoms. The summed E-state index contributed by atoms with van der Waals surface area (Å²) < 4.78 is 7.09. The fraction of sp³-hybridized carbons (Fsp3) is 0.545. The number of piperidine rings is 1. The van der Waals surface area contributed by atoms with Crippen molar-refractivity contribution in [3.8, 4) is 0 Å². The van der Waals surface area contributed by atoms with Crippen LogP contribution in [0.2, 0.25) is 0 Å². The minimum Gasteiger partial charge on any atom is -0.466 e. The first kappa shape index (κ1) is 21.0. The van der Waals surface area contributed by atoms with Crippen LogP contribution in [0.5, 0.6) is 0 Å². The molecule has 1 aromatic carbocycles. The summed E-state index contributed by atoms with van der Waals surface area (Å²) in [5.74, 6) is -0.112. The maximum atomic E-state index is 12.9. The van der Waals surface area contributed by atoms with E-state index in [9.17, 15) is 9.59 Å². The first-order valence-electron chi connectivity index (χ1n) is 10.4. The second kappa shape index (κ2) is 10.2. The maximum absolute atomic E-state index is 12.9. The molecule has 1 amide bonds. The minimum absolute atomic E-state index is 0.0527. The van der Waals surface area contributed by atoms with Gasteiger partial charge < -0.3 is 9.64 Å². The highest BCUT2D eigenvalue weighted by molar-refractivity contribution is 5.80. The number of carbonyl (C=O) groups excluding carboxylic acids is 2. The molecule has 0 bridgehead atoms. The van der Waals surface area contributed by atoms with Crippen LogP contribution in [0.25, 0.3) is 0 Å². The molecular weight excluding hydrogens is 368 g/mol. The number of likely N-dealkylation sites (tertiary alicyclic amines) is 1. The standard InChI is InChI=1S/C22H30N4O3/c1-2-29-21(28)22(12-6-10-19-8-4-3-5-9-19)13-7-14-25(16-22)20(27)11-15-26-18-23-17-24-26/h3-5,8-9,17-18H,2,6-7,10-16H2,1H3/t22-/m0/s1. The quantitative estimate of drug-likeness (QED) is 0.607. The largest absolute Gasteiger partial charge is 0.466 e. The lowest BCUT2D eigenvalue weighted by molar-refractivity contribution is -0.161. The van der Waals surface area contributed by atoms with Crippen LogP contribution in [0.4, 0.5) is 0 Å². The molecule has 1 aliphatic rings. The summed E-state index contributed by atoms with van der Waals surface area (Å²) >= 11 is 0. The van der Waals surface area contributed by atoms with Crippen LogP contribution in [0.3, 0.4) is 0 Å². The summed E-state index contributed by atoms with van der Waals surface area (Å²) in [6.07, 6.45) is 7.55. The van der Waals surface area contributed by atoms with Gasteiger partial charge in [0.2, 0.25) is 5.91 Å². The van der Waals surface area contributed by atoms with E-state index in [0.717, 1.165) is 32.1 Å². The molecule has 0 radical (unpaired) electrons. The molecule has 2 heterocycles. The number of carbonyl (C=O) groups is 2. The van der Waals surface area contributed by atoms with Gasteiger partial charge in [-0.2, -0.15) is 5.10 Å². The molecule has 1 saturated heterocycles. The number of ether oxygens (including phenoxy) is 1. The van der Waals surface area contributed by atoms with Gasteiger partial charge >= 0.3 is 5.97 Å². The predicted molar refractivity (Wildman–Crippen MR) is 109 cm³/mol. The number of hydrogen-bond donors (Lipinski definition) is 0. The van der Waals surface area contributed by atoms with E-state index in [2.05, 4.69) is 22.2 Å². The topological polar surface area (TPSA) is 77.3 Å². The number of aryl methyl sites for hydroxylation is 2. The minimum atomic E-state index is -0.605. The number of rotatable bonds is 9. The van der Waals surface area contributed by atoms with E-state index >= 15 is 0 Å². The van der Waals surface area contributed by atoms with Gasteiger partial charge in [0.05, 0.1) is 18.6 Å². The van der Waals surface area contributed by atoms with Gasteiger partial charge in [-0.05, 0) is 44.6 Å². The van der Waals surface area contributed by atoms with Gasteiger partial charge in [0.1, 0.15) is 12.7 Å². The molecule has 1 aliphatic heterocycles. The van der Waals surface area contributed by atoms with Gasteiger partial charge in [-0.3, -0.25) is 14.3 Å². The third kappa shape index (κ3) is 5.65. The summed E-state index contributed by atoms with van der Waals surface area (Å²) in [4.78, 5) is 31.4. The highest BCUT2D eigenvalue weighted by Crippen LogP contribution is 2.37. The predicted octanol–water partition coefficient (Wildman–Crippen LogP) is 2.86. The zero-order chi connectivity index (χ0) is 20.5. The van der Waals surface area contributed by atoms with Crippen molar-refractivity contribution in [2.24, 2.45) is 5.41 Å². The summed E-state index contributed by atoms with van der Waals surface area (Å²) in [5, 5.41) is 4.04. The van der Waals surface area contributed by atoms with E-state index < -0.39 is 5.41 Å². The second-order valence-electron chi connectivity index (χ2n) is 7.67. The first-order chi connectivity index (χ1) is 14.1. The lowest BCUT2D eigenvalue weighted by Crippen LogP contribution is -2.50. The van der Waals surface area contributed by atoms with E-state index in [-0.39, 0.29) is 11.9 Å². The molecule has 3 rings (SSSR count). The van der Waals surface area contributed by atoms with E-state index in [1.54, 1.807) is 11.0 Å². The molecule has 0 unspecified atom stereocenters. The number of amides is 1. The van der Waals surface area contributed by atoms with Crippen molar-refractivity contribution in [1.82, 2.24) is 19.7 Å². The van der Waals surface area contributed by atoms with Crippen molar-refractivity contribution in [3.05, 3.63) is 48.5 Å². The van der Waals surface area contributed by atoms with Gasteiger partial charge in [-0.15, -0.1) is 0 Å². The smallest absolute Gasteiger partial charge is 0.313 e. The average Bonchev–Trinajstić information content (AvgIpc) is 3.27. The second-order valence-corrected chi connectivity index (χ2v) is 7.67. The number of aromatic nitrogens is 3. The summed E-state index contributed by atoms with van der Waals surface area (Å²) in [6, 6.07) is 10.3. The molecule has 156 valence electrons. The first-order valence-corrected chi connectivity index (χ1v) is 10.4. The van der Waals surface area contributed by atoms with Crippen LogP contribution >= 0.6 is 0 Å². The van der Waals surface area contributed by atoms with Crippen molar-refractivity contribution >= 4 is 11.9 Å². The Kier molecular flexibility index (Phi) is 7.38. The summed E-state index contributed by atoms with van der Waals surface area (Å²) in [6.45, 7) is 3.82. The average molecular weight is 399 g/mol. The normalized spacial score (nSPS) is 19.1. The van der Waals surface area contributed by atoms with Crippen molar-refractivity contribution in [1.29, 1.82) is 0 Å². The van der Waals surface area contributed by atoms with Crippen molar-refractivity contribution in [3.63, 3.8) is 0 Å². The summed E-state index contributed by atoms with van der Waals surface area (Å²) in [5.41, 5.74) is 0.662. The molecule has 0 spiro atoms. The Bertz CT molecular complexity index is 779. The number of benzene rings is 1. The highest BCUT2D eigenvalue weighted by atomic mass is 16.5. The Morgan fingerprint density at radius 1 is 1.24 bits per heavy atom. The van der Waals surface area contributed by atoms with Gasteiger partial charge in [0, 0.05) is 19.5 Å². The molecule has 2 aromatic rings. The van der Waals surface area contributed by atoms with Gasteiger partial charge in [-0.1, -0.05) is 30.3 Å². The fourth-order valence-corrected chi connectivity index (χ4v) is 4.09. The van der Waals surface area contributed by atoms with E-state index in [4.69, 9.17) is 4.74 Å². The van der Waals surface area contributed by atoms with Gasteiger partial charge in [-0.25, -0.2) is 4.98 Å². The van der Waals surface area contributed by atoms with Crippen LogP contribution in [0.15, 0.2) is 43.0 Å². The Labute approximate surface area is 172 Å². The molecule has 1 fully saturated rings. The Balaban J connectivity index is 1.62. The van der Waals surface area contributed by atoms with Gasteiger partial charge in [0.15, 0.2) is 0 Å². The van der Waals surface area contributed by atoms with Crippen LogP contribution in [-0.4, -0.2) is 51.2 Å². The third-order valence-corrected chi connectivity index (χ3v) is 5.62. The Morgan fingerprint density at radius 2 is 2.07 bits per heavy atom. The van der Waals surface area contributed by atoms with Crippen molar-refractivity contribution in [2.75, 3.05) is 19.7 Å². The van der Waals surface area contributed by atoms with E-state index in [1.165, 1.54) is 11.9 Å². The molecule has 0 aliphatic carbocycles. The maximum Gasteiger partial charge on any atom is 0.313 e. The molecule has 7 nitrogen and oxygen atoms in total. The molecule has 0 saturated carbocycles.